The molecule has 1 unspecified atom stereocenters. The summed E-state index contributed by atoms with van der Waals surface area (Å²) in [6, 6.07) is 21.1. The lowest BCUT2D eigenvalue weighted by molar-refractivity contribution is -0.138. The van der Waals surface area contributed by atoms with Gasteiger partial charge in [0.2, 0.25) is 0 Å². The average Bonchev–Trinajstić information content (AvgIpc) is 3.14. The first-order valence-electron chi connectivity index (χ1n) is 17.4. The number of anilines is 5. The number of nitrogens with zero attached hydrogens (tertiary/aromatic N) is 2. The molecule has 1 heterocycles. The minimum Gasteiger partial charge on any atom is -0.496 e. The van der Waals surface area contributed by atoms with Crippen molar-refractivity contribution in [2.75, 3.05) is 42.0 Å². The fourth-order valence-corrected chi connectivity index (χ4v) is 6.36. The molecule has 0 fully saturated rings. The Bertz CT molecular complexity index is 2300. The lowest BCUT2D eigenvalue weighted by Crippen LogP contribution is -2.35. The van der Waals surface area contributed by atoms with Crippen molar-refractivity contribution < 1.29 is 37.9 Å². The van der Waals surface area contributed by atoms with Crippen molar-refractivity contribution in [2.24, 2.45) is 11.5 Å². The minimum atomic E-state index is -1.43. The molecule has 0 aliphatic rings. The van der Waals surface area contributed by atoms with Crippen molar-refractivity contribution in [3.63, 3.8) is 0 Å². The second kappa shape index (κ2) is 17.4. The second-order valence-corrected chi connectivity index (χ2v) is 14.8. The normalized spacial score (nSPS) is 12.3. The summed E-state index contributed by atoms with van der Waals surface area (Å²) in [7, 11) is 1.48. The lowest BCUT2D eigenvalue weighted by atomic mass is 9.86. The molecule has 8 N–H and O–H groups in total. The zero-order chi connectivity index (χ0) is 40.7. The predicted molar refractivity (Wildman–Crippen MR) is 218 cm³/mol. The molecule has 0 saturated heterocycles. The highest BCUT2D eigenvalue weighted by Gasteiger charge is 2.28. The number of fused-ring (bicyclic) bond motifs is 1. The maximum atomic E-state index is 13.4. The van der Waals surface area contributed by atoms with Crippen LogP contribution in [0.4, 0.5) is 33.4 Å². The molecular weight excluding hydrogens is 739 g/mol. The van der Waals surface area contributed by atoms with E-state index in [4.69, 9.17) is 30.8 Å². The van der Waals surface area contributed by atoms with Crippen LogP contribution in [-0.4, -0.2) is 65.3 Å². The van der Waals surface area contributed by atoms with Crippen LogP contribution in [0.1, 0.15) is 43.1 Å². The number of urea groups is 1. The number of benzene rings is 4. The van der Waals surface area contributed by atoms with E-state index in [1.165, 1.54) is 25.4 Å². The molecule has 0 aliphatic carbocycles. The van der Waals surface area contributed by atoms with Crippen molar-refractivity contribution in [2.45, 2.75) is 38.6 Å². The van der Waals surface area contributed by atoms with Crippen LogP contribution in [0.3, 0.4) is 0 Å². The number of carbonyl (C=O) groups is 3. The van der Waals surface area contributed by atoms with Gasteiger partial charge in [-0.15, -0.1) is 0 Å². The van der Waals surface area contributed by atoms with E-state index in [1.807, 2.05) is 57.2 Å². The molecule has 2 atom stereocenters. The summed E-state index contributed by atoms with van der Waals surface area (Å²) >= 11 is 0. The quantitative estimate of drug-likeness (QED) is 0.0669. The number of ether oxygens (including phenoxy) is 3. The SMILES string of the molecule is COc1cc(Nc2cc(Oc3ccc(N(C(N)=O)c4cc(C(C)(C)C)cc(NS(C)=O)c4OC)c4ccccc34)ccn2)ccc1C(=O)NCC[C@H](N)C(=O)O. The van der Waals surface area contributed by atoms with Crippen molar-refractivity contribution in [1.82, 2.24) is 10.3 Å². The maximum absolute atomic E-state index is 13.4. The Kier molecular flexibility index (Phi) is 12.7. The fraction of sp³-hybridized carbons (Fsp3) is 0.250. The average molecular weight is 784 g/mol. The summed E-state index contributed by atoms with van der Waals surface area (Å²) in [5.74, 6) is 0.382. The number of carboxylic acid groups (broad SMARTS) is 1. The zero-order valence-electron chi connectivity index (χ0n) is 31.8. The number of hydrogen-bond donors (Lipinski definition) is 6. The van der Waals surface area contributed by atoms with Gasteiger partial charge in [-0.05, 0) is 59.9 Å². The molecular formula is C40H45N7O8S. The third kappa shape index (κ3) is 9.45. The maximum Gasteiger partial charge on any atom is 0.324 e. The van der Waals surface area contributed by atoms with Gasteiger partial charge in [-0.25, -0.2) is 14.0 Å². The third-order valence-corrected chi connectivity index (χ3v) is 9.20. The van der Waals surface area contributed by atoms with Gasteiger partial charge in [-0.1, -0.05) is 45.0 Å². The van der Waals surface area contributed by atoms with Crippen molar-refractivity contribution in [1.29, 1.82) is 0 Å². The summed E-state index contributed by atoms with van der Waals surface area (Å²) in [6.07, 6.45) is 3.16. The van der Waals surface area contributed by atoms with Gasteiger partial charge in [0.05, 0.1) is 36.8 Å². The van der Waals surface area contributed by atoms with E-state index in [0.717, 1.165) is 5.56 Å². The number of methoxy groups -OCH3 is 2. The van der Waals surface area contributed by atoms with Crippen LogP contribution in [0.25, 0.3) is 10.8 Å². The molecule has 0 radical (unpaired) electrons. The Morgan fingerprint density at radius 3 is 2.30 bits per heavy atom. The molecule has 1 aromatic heterocycles. The Morgan fingerprint density at radius 2 is 1.66 bits per heavy atom. The van der Waals surface area contributed by atoms with Gasteiger partial charge < -0.3 is 46.1 Å². The largest absolute Gasteiger partial charge is 0.496 e. The van der Waals surface area contributed by atoms with Crippen LogP contribution < -0.4 is 45.9 Å². The Morgan fingerprint density at radius 1 is 0.929 bits per heavy atom. The van der Waals surface area contributed by atoms with Gasteiger partial charge in [-0.3, -0.25) is 14.5 Å². The number of amides is 3. The molecule has 0 bridgehead atoms. The van der Waals surface area contributed by atoms with Gasteiger partial charge >= 0.3 is 12.0 Å². The predicted octanol–water partition coefficient (Wildman–Crippen LogP) is 6.54. The van der Waals surface area contributed by atoms with Crippen LogP contribution in [0, 0.1) is 0 Å². The van der Waals surface area contributed by atoms with Crippen LogP contribution in [0.15, 0.2) is 85.1 Å². The summed E-state index contributed by atoms with van der Waals surface area (Å²) < 4.78 is 32.9. The van der Waals surface area contributed by atoms with Gasteiger partial charge in [-0.2, -0.15) is 0 Å². The summed E-state index contributed by atoms with van der Waals surface area (Å²) in [5.41, 5.74) is 14.3. The van der Waals surface area contributed by atoms with Crippen molar-refractivity contribution >= 4 is 68.2 Å². The summed E-state index contributed by atoms with van der Waals surface area (Å²) in [6.45, 7) is 6.17. The smallest absolute Gasteiger partial charge is 0.324 e. The van der Waals surface area contributed by atoms with E-state index in [-0.39, 0.29) is 29.7 Å². The highest BCUT2D eigenvalue weighted by atomic mass is 32.2. The first-order valence-corrected chi connectivity index (χ1v) is 19.0. The first-order chi connectivity index (χ1) is 26.6. The monoisotopic (exact) mass is 783 g/mol. The molecule has 0 aliphatic heterocycles. The molecule has 4 aromatic carbocycles. The highest BCUT2D eigenvalue weighted by molar-refractivity contribution is 7.85. The number of nitrogens with one attached hydrogen (secondary N) is 3. The van der Waals surface area contributed by atoms with Gasteiger partial charge in [0, 0.05) is 47.6 Å². The van der Waals surface area contributed by atoms with E-state index >= 15 is 0 Å². The zero-order valence-corrected chi connectivity index (χ0v) is 32.7. The Hall–Kier alpha value is -6.39. The Labute approximate surface area is 326 Å². The van der Waals surface area contributed by atoms with Crippen LogP contribution in [0.5, 0.6) is 23.0 Å². The van der Waals surface area contributed by atoms with E-state index < -0.39 is 34.9 Å². The Balaban J connectivity index is 1.44. The number of pyridine rings is 1. The van der Waals surface area contributed by atoms with E-state index in [9.17, 15) is 18.6 Å². The number of aliphatic carboxylic acids is 1. The lowest BCUT2D eigenvalue weighted by Gasteiger charge is -2.29. The van der Waals surface area contributed by atoms with E-state index in [0.29, 0.717) is 56.6 Å². The fourth-order valence-electron chi connectivity index (χ4n) is 5.90. The first kappa shape index (κ1) is 40.8. The van der Waals surface area contributed by atoms with E-state index in [1.54, 1.807) is 48.7 Å². The number of aromatic nitrogens is 1. The summed E-state index contributed by atoms with van der Waals surface area (Å²) in [4.78, 5) is 42.9. The molecule has 5 aromatic rings. The van der Waals surface area contributed by atoms with Crippen LogP contribution in [0.2, 0.25) is 0 Å². The molecule has 15 nitrogen and oxygen atoms in total. The van der Waals surface area contributed by atoms with Gasteiger partial charge in [0.25, 0.3) is 5.91 Å². The van der Waals surface area contributed by atoms with Gasteiger partial charge in [0.15, 0.2) is 5.75 Å². The number of carbonyl (C=O) groups excluding carboxylic acids is 2. The summed E-state index contributed by atoms with van der Waals surface area (Å²) in [5, 5.41) is 16.2. The molecule has 0 spiro atoms. The molecule has 294 valence electrons. The number of nitrogens with two attached hydrogens (primary N) is 2. The molecule has 56 heavy (non-hydrogen) atoms. The van der Waals surface area contributed by atoms with Crippen LogP contribution >= 0.6 is 0 Å². The van der Waals surface area contributed by atoms with Gasteiger partial charge in [0.1, 0.15) is 40.1 Å². The topological polar surface area (TPSA) is 220 Å². The highest BCUT2D eigenvalue weighted by Crippen LogP contribution is 2.46. The standard InChI is InChI=1S/C40H45N7O8S/c1-40(2,3)23-19-30(46-56(6)52)36(54-5)32(20-23)47(39(42)51)31-13-14-33(27-10-8-7-9-26(27)31)55-25-15-17-43-35(22-25)45-24-11-12-28(34(21-24)53-4)37(48)44-18-16-29(41)38(49)50/h7-15,17,19-22,29,46H,16,18,41H2,1-6H3,(H2,42,51)(H,43,45)(H,44,48)(H,49,50)/t29-,56?/m0/s1. The third-order valence-electron chi connectivity index (χ3n) is 8.69. The molecule has 0 saturated carbocycles. The second-order valence-electron chi connectivity index (χ2n) is 13.7. The minimum absolute atomic E-state index is 0.0723. The number of hydrogen-bond acceptors (Lipinski definition) is 10. The van der Waals surface area contributed by atoms with Crippen LogP contribution in [-0.2, 0) is 21.2 Å². The van der Waals surface area contributed by atoms with Crippen molar-refractivity contribution in [3.05, 3.63) is 96.2 Å². The number of rotatable bonds is 15. The molecule has 3 amide bonds. The number of primary amides is 1. The van der Waals surface area contributed by atoms with Crippen molar-refractivity contribution in [3.8, 4) is 23.0 Å². The molecule has 16 heteroatoms. The van der Waals surface area contributed by atoms with E-state index in [2.05, 4.69) is 20.3 Å². The molecule has 5 rings (SSSR count). The number of carboxylic acids is 1.